The second-order valence-electron chi connectivity index (χ2n) is 10.5. The van der Waals surface area contributed by atoms with Gasteiger partial charge in [0.2, 0.25) is 5.89 Å². The summed E-state index contributed by atoms with van der Waals surface area (Å²) in [4.78, 5) is 28.1. The Labute approximate surface area is 241 Å². The van der Waals surface area contributed by atoms with E-state index in [0.29, 0.717) is 73.5 Å². The van der Waals surface area contributed by atoms with Crippen LogP contribution in [0.1, 0.15) is 34.3 Å². The SMILES string of the molecule is Cn1nnc([C@@H](c2ccccc2)N2CCN(C(=O)c3cc(-c4nc5cc(O[C@H]6CCOC6)ccc5o4)ccn3)CC2)n1. The van der Waals surface area contributed by atoms with Crippen molar-refractivity contribution in [1.29, 1.82) is 0 Å². The lowest BCUT2D eigenvalue weighted by atomic mass is 10.0. The Kier molecular flexibility index (Phi) is 7.06. The number of aryl methyl sites for hydroxylation is 1. The van der Waals surface area contributed by atoms with E-state index in [2.05, 4.69) is 42.4 Å². The highest BCUT2D eigenvalue weighted by Gasteiger charge is 2.31. The third-order valence-corrected chi connectivity index (χ3v) is 7.63. The molecule has 3 aromatic heterocycles. The van der Waals surface area contributed by atoms with Crippen molar-refractivity contribution in [2.24, 2.45) is 7.05 Å². The fourth-order valence-electron chi connectivity index (χ4n) is 5.49. The molecule has 2 fully saturated rings. The van der Waals surface area contributed by atoms with Crippen LogP contribution in [0.3, 0.4) is 0 Å². The molecule has 7 rings (SSSR count). The molecule has 5 heterocycles. The van der Waals surface area contributed by atoms with Crippen LogP contribution in [-0.4, -0.2) is 91.4 Å². The van der Waals surface area contributed by atoms with E-state index in [0.717, 1.165) is 17.7 Å². The number of carbonyl (C=O) groups is 1. The first-order chi connectivity index (χ1) is 20.6. The van der Waals surface area contributed by atoms with Crippen molar-refractivity contribution in [3.63, 3.8) is 0 Å². The van der Waals surface area contributed by atoms with E-state index in [-0.39, 0.29) is 18.1 Å². The van der Waals surface area contributed by atoms with Gasteiger partial charge >= 0.3 is 0 Å². The number of carbonyl (C=O) groups excluding carboxylic acids is 1. The van der Waals surface area contributed by atoms with Crippen LogP contribution in [0.2, 0.25) is 0 Å². The minimum absolute atomic E-state index is 0.0531. The largest absolute Gasteiger partial charge is 0.488 e. The number of pyridine rings is 1. The average molecular weight is 567 g/mol. The van der Waals surface area contributed by atoms with Crippen molar-refractivity contribution in [3.8, 4) is 17.2 Å². The number of ether oxygens (including phenoxy) is 2. The highest BCUT2D eigenvalue weighted by atomic mass is 16.5. The number of benzene rings is 2. The molecule has 214 valence electrons. The molecule has 2 saturated heterocycles. The van der Waals surface area contributed by atoms with E-state index in [1.807, 2.05) is 41.3 Å². The number of amides is 1. The van der Waals surface area contributed by atoms with E-state index >= 15 is 0 Å². The Morgan fingerprint density at radius 1 is 1.05 bits per heavy atom. The summed E-state index contributed by atoms with van der Waals surface area (Å²) in [6, 6.07) is 19.1. The third-order valence-electron chi connectivity index (χ3n) is 7.63. The van der Waals surface area contributed by atoms with Crippen molar-refractivity contribution >= 4 is 17.0 Å². The molecule has 12 heteroatoms. The summed E-state index contributed by atoms with van der Waals surface area (Å²) in [5.74, 6) is 1.67. The fourth-order valence-corrected chi connectivity index (χ4v) is 5.49. The van der Waals surface area contributed by atoms with Crippen molar-refractivity contribution < 1.29 is 18.7 Å². The summed E-state index contributed by atoms with van der Waals surface area (Å²) in [5, 5.41) is 12.8. The Bertz CT molecular complexity index is 1690. The zero-order valence-electron chi connectivity index (χ0n) is 23.2. The van der Waals surface area contributed by atoms with Gasteiger partial charge in [0.25, 0.3) is 5.91 Å². The van der Waals surface area contributed by atoms with Gasteiger partial charge in [0.15, 0.2) is 11.4 Å². The van der Waals surface area contributed by atoms with Gasteiger partial charge in [-0.2, -0.15) is 4.80 Å². The Morgan fingerprint density at radius 2 is 1.90 bits per heavy atom. The van der Waals surface area contributed by atoms with Crippen molar-refractivity contribution in [2.75, 3.05) is 39.4 Å². The van der Waals surface area contributed by atoms with Gasteiger partial charge in [-0.15, -0.1) is 10.2 Å². The van der Waals surface area contributed by atoms with Gasteiger partial charge in [-0.05, 0) is 35.0 Å². The van der Waals surface area contributed by atoms with Crippen LogP contribution in [0.5, 0.6) is 5.75 Å². The molecule has 12 nitrogen and oxygen atoms in total. The Balaban J connectivity index is 1.05. The molecule has 0 aliphatic carbocycles. The van der Waals surface area contributed by atoms with Crippen molar-refractivity contribution in [1.82, 2.24) is 40.0 Å². The number of piperazine rings is 1. The molecule has 5 aromatic rings. The van der Waals surface area contributed by atoms with Crippen molar-refractivity contribution in [2.45, 2.75) is 18.6 Å². The standard InChI is InChI=1S/C30H30N8O4/c1-36-34-28(33-35-36)27(20-5-3-2-4-6-20)37-12-14-38(15-13-37)30(39)25-17-21(9-11-31-25)29-32-24-18-22(7-8-26(24)42-29)41-23-10-16-40-19-23/h2-9,11,17-18,23,27H,10,12-16,19H2,1H3/t23-,27+/m0/s1. The topological polar surface area (TPSA) is 125 Å². The van der Waals surface area contributed by atoms with Gasteiger partial charge in [-0.25, -0.2) is 4.98 Å². The van der Waals surface area contributed by atoms with Gasteiger partial charge in [0.05, 0.1) is 26.3 Å². The van der Waals surface area contributed by atoms with Gasteiger partial charge in [0.1, 0.15) is 23.1 Å². The molecule has 2 aromatic carbocycles. The predicted molar refractivity (Wildman–Crippen MR) is 152 cm³/mol. The molecule has 0 unspecified atom stereocenters. The Morgan fingerprint density at radius 3 is 2.67 bits per heavy atom. The molecule has 2 aliphatic heterocycles. The number of tetrazole rings is 1. The summed E-state index contributed by atoms with van der Waals surface area (Å²) >= 11 is 0. The second kappa shape index (κ2) is 11.3. The summed E-state index contributed by atoms with van der Waals surface area (Å²) in [6.45, 7) is 3.72. The highest BCUT2D eigenvalue weighted by molar-refractivity contribution is 5.93. The minimum atomic E-state index is -0.143. The lowest BCUT2D eigenvalue weighted by Gasteiger charge is -2.38. The first kappa shape index (κ1) is 26.2. The van der Waals surface area contributed by atoms with Gasteiger partial charge in [-0.1, -0.05) is 30.3 Å². The zero-order chi connectivity index (χ0) is 28.5. The number of hydrogen-bond donors (Lipinski definition) is 0. The first-order valence-electron chi connectivity index (χ1n) is 14.0. The predicted octanol–water partition coefficient (Wildman–Crippen LogP) is 3.13. The number of hydrogen-bond acceptors (Lipinski definition) is 10. The quantitative estimate of drug-likeness (QED) is 0.290. The lowest BCUT2D eigenvalue weighted by molar-refractivity contribution is 0.0586. The number of aromatic nitrogens is 6. The molecule has 2 aliphatic rings. The monoisotopic (exact) mass is 566 g/mol. The number of rotatable bonds is 7. The van der Waals surface area contributed by atoms with Crippen LogP contribution in [0.25, 0.3) is 22.6 Å². The fraction of sp³-hybridized carbons (Fsp3) is 0.333. The van der Waals surface area contributed by atoms with Crippen molar-refractivity contribution in [3.05, 3.63) is 83.9 Å². The highest BCUT2D eigenvalue weighted by Crippen LogP contribution is 2.30. The Hall–Kier alpha value is -4.68. The van der Waals surface area contributed by atoms with E-state index in [9.17, 15) is 4.79 Å². The van der Waals surface area contributed by atoms with E-state index < -0.39 is 0 Å². The van der Waals surface area contributed by atoms with Gasteiger partial charge in [0, 0.05) is 50.4 Å². The summed E-state index contributed by atoms with van der Waals surface area (Å²) in [6.07, 6.45) is 2.54. The normalized spacial score (nSPS) is 18.4. The lowest BCUT2D eigenvalue weighted by Crippen LogP contribution is -2.50. The third kappa shape index (κ3) is 5.33. The van der Waals surface area contributed by atoms with E-state index in [1.165, 1.54) is 4.80 Å². The number of fused-ring (bicyclic) bond motifs is 1. The molecule has 0 N–H and O–H groups in total. The minimum Gasteiger partial charge on any atom is -0.488 e. The van der Waals surface area contributed by atoms with Crippen LogP contribution in [0.4, 0.5) is 0 Å². The maximum Gasteiger partial charge on any atom is 0.272 e. The average Bonchev–Trinajstić information content (AvgIpc) is 3.80. The van der Waals surface area contributed by atoms with Crippen LogP contribution in [0.15, 0.2) is 71.3 Å². The number of nitrogens with zero attached hydrogens (tertiary/aromatic N) is 8. The molecule has 1 amide bonds. The van der Waals surface area contributed by atoms with E-state index in [4.69, 9.17) is 13.9 Å². The summed E-state index contributed by atoms with van der Waals surface area (Å²) in [7, 11) is 1.76. The summed E-state index contributed by atoms with van der Waals surface area (Å²) in [5.41, 5.74) is 3.46. The molecular formula is C30H30N8O4. The maximum absolute atomic E-state index is 13.5. The molecular weight excluding hydrogens is 536 g/mol. The number of oxazole rings is 1. The van der Waals surface area contributed by atoms with Gasteiger partial charge < -0.3 is 18.8 Å². The maximum atomic E-state index is 13.5. The molecule has 0 saturated carbocycles. The second-order valence-corrected chi connectivity index (χ2v) is 10.5. The summed E-state index contributed by atoms with van der Waals surface area (Å²) < 4.78 is 17.4. The molecule has 2 atom stereocenters. The van der Waals surface area contributed by atoms with Crippen LogP contribution >= 0.6 is 0 Å². The molecule has 0 radical (unpaired) electrons. The zero-order valence-corrected chi connectivity index (χ0v) is 23.2. The molecule has 0 bridgehead atoms. The first-order valence-corrected chi connectivity index (χ1v) is 14.0. The molecule has 42 heavy (non-hydrogen) atoms. The van der Waals surface area contributed by atoms with E-state index in [1.54, 1.807) is 25.4 Å². The van der Waals surface area contributed by atoms with Crippen LogP contribution in [-0.2, 0) is 11.8 Å². The smallest absolute Gasteiger partial charge is 0.272 e. The van der Waals surface area contributed by atoms with Crippen LogP contribution < -0.4 is 4.74 Å². The van der Waals surface area contributed by atoms with Gasteiger partial charge in [-0.3, -0.25) is 14.7 Å². The molecule has 0 spiro atoms. The van der Waals surface area contributed by atoms with Crippen LogP contribution in [0, 0.1) is 0 Å².